The first-order valence-corrected chi connectivity index (χ1v) is 12.4. The predicted molar refractivity (Wildman–Crippen MR) is 139 cm³/mol. The number of nitrogens with two attached hydrogens (primary N) is 1. The van der Waals surface area contributed by atoms with Crippen molar-refractivity contribution < 1.29 is 9.53 Å². The van der Waals surface area contributed by atoms with E-state index < -0.39 is 11.2 Å². The topological polar surface area (TPSA) is 114 Å². The first-order chi connectivity index (χ1) is 16.5. The molecule has 9 nitrogen and oxygen atoms in total. The highest BCUT2D eigenvalue weighted by molar-refractivity contribution is 6.07. The van der Waals surface area contributed by atoms with Gasteiger partial charge in [0.05, 0.1) is 12.2 Å². The number of carbonyl (C=O) groups excluding carboxylic acids is 1. The Bertz CT molecular complexity index is 1130. The summed E-state index contributed by atoms with van der Waals surface area (Å²) in [6, 6.07) is 7.46. The van der Waals surface area contributed by atoms with Gasteiger partial charge in [-0.15, -0.1) is 0 Å². The number of nitrogens with one attached hydrogen (secondary N) is 1. The largest absolute Gasteiger partial charge is 0.383 e. The summed E-state index contributed by atoms with van der Waals surface area (Å²) in [6.07, 6.45) is 0.374. The van der Waals surface area contributed by atoms with Crippen LogP contribution in [0.1, 0.15) is 57.5 Å². The molecule has 0 aliphatic carbocycles. The van der Waals surface area contributed by atoms with E-state index in [4.69, 9.17) is 10.5 Å². The molecular weight excluding hydrogens is 446 g/mol. The molecule has 1 aliphatic heterocycles. The van der Waals surface area contributed by atoms with E-state index in [1.165, 1.54) is 9.47 Å². The molecule has 0 saturated carbocycles. The molecule has 2 heterocycles. The Balaban J connectivity index is 1.90. The van der Waals surface area contributed by atoms with Crippen molar-refractivity contribution in [1.29, 1.82) is 0 Å². The number of nitrogen functional groups attached to an aromatic ring is 1. The minimum Gasteiger partial charge on any atom is -0.383 e. The highest BCUT2D eigenvalue weighted by Crippen LogP contribution is 2.22. The lowest BCUT2D eigenvalue weighted by Crippen LogP contribution is -2.44. The highest BCUT2D eigenvalue weighted by atomic mass is 16.5. The predicted octanol–water partition coefficient (Wildman–Crippen LogP) is 2.69. The summed E-state index contributed by atoms with van der Waals surface area (Å²) in [5.41, 5.74) is 6.65. The van der Waals surface area contributed by atoms with Gasteiger partial charge in [-0.3, -0.25) is 24.0 Å². The number of anilines is 2. The van der Waals surface area contributed by atoms with E-state index in [-0.39, 0.29) is 48.0 Å². The maximum absolute atomic E-state index is 13.6. The van der Waals surface area contributed by atoms with Crippen LogP contribution in [0, 0.1) is 11.8 Å². The summed E-state index contributed by atoms with van der Waals surface area (Å²) in [7, 11) is 0. The van der Waals surface area contributed by atoms with Crippen molar-refractivity contribution >= 4 is 17.4 Å². The number of hydrogen-bond donors (Lipinski definition) is 2. The molecule has 3 N–H and O–H groups in total. The minimum atomic E-state index is -0.659. The van der Waals surface area contributed by atoms with E-state index in [1.807, 2.05) is 39.8 Å². The Morgan fingerprint density at radius 3 is 2.23 bits per heavy atom. The van der Waals surface area contributed by atoms with Crippen LogP contribution in [0.4, 0.5) is 11.5 Å². The van der Waals surface area contributed by atoms with Gasteiger partial charge in [-0.25, -0.2) is 4.79 Å². The van der Waals surface area contributed by atoms with Crippen LogP contribution in [0.5, 0.6) is 0 Å². The van der Waals surface area contributed by atoms with Crippen molar-refractivity contribution in [2.45, 2.75) is 66.8 Å². The zero-order chi connectivity index (χ0) is 25.9. The van der Waals surface area contributed by atoms with Crippen LogP contribution in [0.15, 0.2) is 33.9 Å². The average Bonchev–Trinajstić information content (AvgIpc) is 2.75. The van der Waals surface area contributed by atoms with Crippen LogP contribution < -0.4 is 21.9 Å². The van der Waals surface area contributed by atoms with Gasteiger partial charge in [0.2, 0.25) is 0 Å². The van der Waals surface area contributed by atoms with Crippen molar-refractivity contribution in [2.75, 3.05) is 30.3 Å². The Hall–Kier alpha value is -2.91. The SMILES string of the molecule is CC(C)CN(C(=O)c1ccc(CN2CC(C)OC(C)C2)cc1)c1c(N)n(CC(C)C)c(=O)[nH]c1=O. The maximum atomic E-state index is 13.6. The molecule has 9 heteroatoms. The molecule has 0 radical (unpaired) electrons. The molecule has 2 aromatic rings. The summed E-state index contributed by atoms with van der Waals surface area (Å²) < 4.78 is 7.14. The van der Waals surface area contributed by atoms with E-state index in [0.29, 0.717) is 12.1 Å². The lowest BCUT2D eigenvalue weighted by atomic mass is 10.1. The molecule has 2 unspecified atom stereocenters. The molecule has 0 bridgehead atoms. The van der Waals surface area contributed by atoms with E-state index >= 15 is 0 Å². The Kier molecular flexibility index (Phi) is 8.56. The number of ether oxygens (including phenoxy) is 1. The minimum absolute atomic E-state index is 0.00799. The smallest absolute Gasteiger partial charge is 0.330 e. The van der Waals surface area contributed by atoms with Gasteiger partial charge in [-0.1, -0.05) is 39.8 Å². The fourth-order valence-electron chi connectivity index (χ4n) is 4.61. The zero-order valence-electron chi connectivity index (χ0n) is 21.7. The van der Waals surface area contributed by atoms with Gasteiger partial charge >= 0.3 is 5.69 Å². The Labute approximate surface area is 206 Å². The molecule has 1 aromatic heterocycles. The van der Waals surface area contributed by atoms with Crippen LogP contribution in [-0.2, 0) is 17.8 Å². The third kappa shape index (κ3) is 6.61. The maximum Gasteiger partial charge on any atom is 0.330 e. The first kappa shape index (κ1) is 26.7. The van der Waals surface area contributed by atoms with Gasteiger partial charge in [0.1, 0.15) is 5.82 Å². The van der Waals surface area contributed by atoms with Crippen molar-refractivity contribution in [1.82, 2.24) is 14.5 Å². The summed E-state index contributed by atoms with van der Waals surface area (Å²) in [6.45, 7) is 15.1. The molecule has 1 aliphatic rings. The lowest BCUT2D eigenvalue weighted by Gasteiger charge is -2.35. The summed E-state index contributed by atoms with van der Waals surface area (Å²) in [4.78, 5) is 44.9. The van der Waals surface area contributed by atoms with Crippen LogP contribution in [-0.4, -0.2) is 52.2 Å². The van der Waals surface area contributed by atoms with E-state index in [9.17, 15) is 14.4 Å². The summed E-state index contributed by atoms with van der Waals surface area (Å²) in [5, 5.41) is 0. The summed E-state index contributed by atoms with van der Waals surface area (Å²) >= 11 is 0. The van der Waals surface area contributed by atoms with Gasteiger partial charge in [0.15, 0.2) is 5.69 Å². The Morgan fingerprint density at radius 1 is 1.09 bits per heavy atom. The standard InChI is InChI=1S/C26H39N5O4/c1-16(2)11-30(22-23(27)31(12-17(3)4)26(34)28-24(22)32)25(33)21-9-7-20(8-10-21)15-29-13-18(5)35-19(6)14-29/h7-10,16-19H,11-15,27H2,1-6H3,(H,28,32,34). The molecule has 1 aromatic carbocycles. The second kappa shape index (κ2) is 11.2. The number of benzene rings is 1. The molecule has 35 heavy (non-hydrogen) atoms. The van der Waals surface area contributed by atoms with Gasteiger partial charge in [-0.2, -0.15) is 0 Å². The molecule has 192 valence electrons. The molecule has 0 spiro atoms. The fourth-order valence-corrected chi connectivity index (χ4v) is 4.61. The number of rotatable bonds is 8. The van der Waals surface area contributed by atoms with E-state index in [0.717, 1.165) is 25.2 Å². The molecule has 1 saturated heterocycles. The van der Waals surface area contributed by atoms with Gasteiger partial charge in [-0.05, 0) is 43.4 Å². The Morgan fingerprint density at radius 2 is 1.69 bits per heavy atom. The fraction of sp³-hybridized carbons (Fsp3) is 0.577. The normalized spacial score (nSPS) is 18.9. The second-order valence-electron chi connectivity index (χ2n) is 10.5. The van der Waals surface area contributed by atoms with Crippen molar-refractivity contribution in [3.8, 4) is 0 Å². The highest BCUT2D eigenvalue weighted by Gasteiger charge is 2.27. The van der Waals surface area contributed by atoms with Crippen molar-refractivity contribution in [3.05, 3.63) is 56.2 Å². The number of H-pyrrole nitrogens is 1. The zero-order valence-corrected chi connectivity index (χ0v) is 21.7. The lowest BCUT2D eigenvalue weighted by molar-refractivity contribution is -0.0704. The quantitative estimate of drug-likeness (QED) is 0.594. The van der Waals surface area contributed by atoms with Crippen molar-refractivity contribution in [3.63, 3.8) is 0 Å². The molecule has 1 amide bonds. The van der Waals surface area contributed by atoms with E-state index in [1.54, 1.807) is 12.1 Å². The molecular formula is C26H39N5O4. The number of hydrogen-bond acceptors (Lipinski definition) is 6. The van der Waals surface area contributed by atoms with Gasteiger partial charge < -0.3 is 15.4 Å². The second-order valence-corrected chi connectivity index (χ2v) is 10.5. The third-order valence-electron chi connectivity index (χ3n) is 5.93. The molecule has 1 fully saturated rings. The molecule has 2 atom stereocenters. The van der Waals surface area contributed by atoms with Crippen LogP contribution in [0.3, 0.4) is 0 Å². The first-order valence-electron chi connectivity index (χ1n) is 12.4. The van der Waals surface area contributed by atoms with E-state index in [2.05, 4.69) is 23.7 Å². The third-order valence-corrected chi connectivity index (χ3v) is 5.93. The monoisotopic (exact) mass is 485 g/mol. The van der Waals surface area contributed by atoms with Crippen LogP contribution >= 0.6 is 0 Å². The van der Waals surface area contributed by atoms with Crippen molar-refractivity contribution in [2.24, 2.45) is 11.8 Å². The number of aromatic nitrogens is 2. The number of nitrogens with zero attached hydrogens (tertiary/aromatic N) is 3. The molecule has 3 rings (SSSR count). The average molecular weight is 486 g/mol. The van der Waals surface area contributed by atoms with Crippen LogP contribution in [0.2, 0.25) is 0 Å². The summed E-state index contributed by atoms with van der Waals surface area (Å²) in [5.74, 6) is -0.111. The van der Waals surface area contributed by atoms with Gasteiger partial charge in [0.25, 0.3) is 11.5 Å². The number of carbonyl (C=O) groups is 1. The number of morpholine rings is 1. The number of amides is 1. The number of aromatic amines is 1. The van der Waals surface area contributed by atoms with Gasteiger partial charge in [0, 0.05) is 38.3 Å². The van der Waals surface area contributed by atoms with Crippen LogP contribution in [0.25, 0.3) is 0 Å².